The van der Waals surface area contributed by atoms with E-state index in [1.54, 1.807) is 12.1 Å². The summed E-state index contributed by atoms with van der Waals surface area (Å²) >= 11 is 0. The Bertz CT molecular complexity index is 532. The topological polar surface area (TPSA) is 69.8 Å². The number of nitrogen functional groups attached to an aromatic ring is 1. The molecule has 2 saturated heterocycles. The van der Waals surface area contributed by atoms with E-state index in [2.05, 4.69) is 16.8 Å². The van der Waals surface area contributed by atoms with Crippen LogP contribution in [0.3, 0.4) is 0 Å². The standard InChI is InChI=1S/C15H21N3O2/c1-17-10-2-3-12(17)9-18(7-6-10)11-4-5-13(15(19)20)14(16)8-11/h4-5,8,10,12H,2-3,6-7,9,16H2,1H3,(H,19,20). The summed E-state index contributed by atoms with van der Waals surface area (Å²) in [6, 6.07) is 6.57. The molecule has 2 bridgehead atoms. The van der Waals surface area contributed by atoms with E-state index in [-0.39, 0.29) is 5.56 Å². The summed E-state index contributed by atoms with van der Waals surface area (Å²) in [4.78, 5) is 15.8. The van der Waals surface area contributed by atoms with E-state index >= 15 is 0 Å². The van der Waals surface area contributed by atoms with Gasteiger partial charge in [-0.25, -0.2) is 4.79 Å². The van der Waals surface area contributed by atoms with Gasteiger partial charge in [0, 0.05) is 36.5 Å². The molecule has 1 aromatic carbocycles. The Balaban J connectivity index is 1.83. The lowest BCUT2D eigenvalue weighted by Crippen LogP contribution is -2.36. The molecule has 2 fully saturated rings. The van der Waals surface area contributed by atoms with E-state index in [1.807, 2.05) is 6.07 Å². The first kappa shape index (κ1) is 13.2. The molecule has 3 N–H and O–H groups in total. The van der Waals surface area contributed by atoms with Crippen molar-refractivity contribution in [3.8, 4) is 0 Å². The number of anilines is 2. The minimum atomic E-state index is -0.969. The molecular weight excluding hydrogens is 254 g/mol. The van der Waals surface area contributed by atoms with Crippen LogP contribution in [-0.4, -0.2) is 48.2 Å². The third-order valence-corrected chi connectivity index (χ3v) is 4.78. The van der Waals surface area contributed by atoms with Gasteiger partial charge in [-0.15, -0.1) is 0 Å². The van der Waals surface area contributed by atoms with E-state index in [9.17, 15) is 4.79 Å². The molecule has 0 aromatic heterocycles. The highest BCUT2D eigenvalue weighted by atomic mass is 16.4. The zero-order valence-corrected chi connectivity index (χ0v) is 11.7. The van der Waals surface area contributed by atoms with Gasteiger partial charge in [0.1, 0.15) is 0 Å². The number of hydrogen-bond donors (Lipinski definition) is 2. The number of fused-ring (bicyclic) bond motifs is 2. The number of likely N-dealkylation sites (N-methyl/N-ethyl adjacent to an activating group) is 1. The fourth-order valence-electron chi connectivity index (χ4n) is 3.48. The number of carboxylic acids is 1. The van der Waals surface area contributed by atoms with Crippen LogP contribution in [0.5, 0.6) is 0 Å². The number of hydrogen-bond acceptors (Lipinski definition) is 4. The average molecular weight is 275 g/mol. The molecule has 2 aliphatic rings. The maximum absolute atomic E-state index is 11.0. The summed E-state index contributed by atoms with van der Waals surface area (Å²) in [6.45, 7) is 2.01. The minimum absolute atomic E-state index is 0.183. The Morgan fingerprint density at radius 2 is 2.05 bits per heavy atom. The van der Waals surface area contributed by atoms with Gasteiger partial charge in [-0.3, -0.25) is 4.90 Å². The summed E-state index contributed by atoms with van der Waals surface area (Å²) in [7, 11) is 2.22. The minimum Gasteiger partial charge on any atom is -0.478 e. The molecule has 0 spiro atoms. The van der Waals surface area contributed by atoms with Crippen molar-refractivity contribution in [1.82, 2.24) is 4.90 Å². The molecule has 0 amide bonds. The molecule has 2 atom stereocenters. The fraction of sp³-hybridized carbons (Fsp3) is 0.533. The summed E-state index contributed by atoms with van der Waals surface area (Å²) in [6.07, 6.45) is 3.71. The van der Waals surface area contributed by atoms with Crippen LogP contribution in [0.2, 0.25) is 0 Å². The highest BCUT2D eigenvalue weighted by molar-refractivity contribution is 5.94. The van der Waals surface area contributed by atoms with Crippen molar-refractivity contribution >= 4 is 17.3 Å². The normalized spacial score (nSPS) is 26.6. The van der Waals surface area contributed by atoms with Gasteiger partial charge < -0.3 is 15.7 Å². The van der Waals surface area contributed by atoms with E-state index in [4.69, 9.17) is 10.8 Å². The Kier molecular flexibility index (Phi) is 3.30. The Morgan fingerprint density at radius 3 is 2.75 bits per heavy atom. The van der Waals surface area contributed by atoms with Gasteiger partial charge in [0.2, 0.25) is 0 Å². The lowest BCUT2D eigenvalue weighted by molar-refractivity contribution is 0.0698. The number of aromatic carboxylic acids is 1. The zero-order chi connectivity index (χ0) is 14.3. The first-order valence-corrected chi connectivity index (χ1v) is 7.16. The van der Waals surface area contributed by atoms with Crippen LogP contribution >= 0.6 is 0 Å². The van der Waals surface area contributed by atoms with E-state index < -0.39 is 5.97 Å². The number of carbonyl (C=O) groups is 1. The van der Waals surface area contributed by atoms with E-state index in [0.29, 0.717) is 17.8 Å². The zero-order valence-electron chi connectivity index (χ0n) is 11.7. The molecule has 0 aliphatic carbocycles. The molecule has 108 valence electrons. The third-order valence-electron chi connectivity index (χ3n) is 4.78. The summed E-state index contributed by atoms with van der Waals surface area (Å²) in [5.74, 6) is -0.969. The van der Waals surface area contributed by atoms with Gasteiger partial charge in [0.25, 0.3) is 0 Å². The maximum Gasteiger partial charge on any atom is 0.337 e. The fourth-order valence-corrected chi connectivity index (χ4v) is 3.48. The predicted octanol–water partition coefficient (Wildman–Crippen LogP) is 1.64. The van der Waals surface area contributed by atoms with Crippen LogP contribution in [0.15, 0.2) is 18.2 Å². The monoisotopic (exact) mass is 275 g/mol. The molecule has 2 aliphatic heterocycles. The maximum atomic E-state index is 11.0. The predicted molar refractivity (Wildman–Crippen MR) is 79.2 cm³/mol. The first-order valence-electron chi connectivity index (χ1n) is 7.16. The number of carboxylic acid groups (broad SMARTS) is 1. The summed E-state index contributed by atoms with van der Waals surface area (Å²) in [5, 5.41) is 9.03. The molecule has 2 heterocycles. The molecule has 0 radical (unpaired) electrons. The van der Waals surface area contributed by atoms with Crippen molar-refractivity contribution in [2.24, 2.45) is 0 Å². The summed E-state index contributed by atoms with van der Waals surface area (Å²) < 4.78 is 0. The second-order valence-corrected chi connectivity index (χ2v) is 5.86. The molecule has 5 heteroatoms. The first-order chi connectivity index (χ1) is 9.56. The average Bonchev–Trinajstić information content (AvgIpc) is 2.62. The van der Waals surface area contributed by atoms with Gasteiger partial charge >= 0.3 is 5.97 Å². The second kappa shape index (κ2) is 4.98. The van der Waals surface area contributed by atoms with Gasteiger partial charge in [0.15, 0.2) is 0 Å². The lowest BCUT2D eigenvalue weighted by Gasteiger charge is -2.28. The van der Waals surface area contributed by atoms with Crippen LogP contribution in [0, 0.1) is 0 Å². The van der Waals surface area contributed by atoms with Gasteiger partial charge in [-0.2, -0.15) is 0 Å². The van der Waals surface area contributed by atoms with Crippen molar-refractivity contribution in [3.05, 3.63) is 23.8 Å². The quantitative estimate of drug-likeness (QED) is 0.803. The highest BCUT2D eigenvalue weighted by Gasteiger charge is 2.34. The number of nitrogens with zero attached hydrogens (tertiary/aromatic N) is 2. The number of rotatable bonds is 2. The number of benzene rings is 1. The van der Waals surface area contributed by atoms with Gasteiger partial charge in [-0.05, 0) is 44.5 Å². The molecule has 3 rings (SSSR count). The van der Waals surface area contributed by atoms with Crippen molar-refractivity contribution in [3.63, 3.8) is 0 Å². The molecule has 0 saturated carbocycles. The Morgan fingerprint density at radius 1 is 1.30 bits per heavy atom. The molecule has 5 nitrogen and oxygen atoms in total. The van der Waals surface area contributed by atoms with Crippen LogP contribution in [-0.2, 0) is 0 Å². The molecular formula is C15H21N3O2. The summed E-state index contributed by atoms with van der Waals surface area (Å²) in [5.41, 5.74) is 7.42. The third kappa shape index (κ3) is 2.22. The highest BCUT2D eigenvalue weighted by Crippen LogP contribution is 2.31. The molecule has 2 unspecified atom stereocenters. The molecule has 20 heavy (non-hydrogen) atoms. The smallest absolute Gasteiger partial charge is 0.337 e. The van der Waals surface area contributed by atoms with Crippen LogP contribution in [0.1, 0.15) is 29.6 Å². The molecule has 1 aromatic rings. The van der Waals surface area contributed by atoms with Crippen molar-refractivity contribution < 1.29 is 9.90 Å². The van der Waals surface area contributed by atoms with E-state index in [0.717, 1.165) is 25.2 Å². The van der Waals surface area contributed by atoms with Crippen molar-refractivity contribution in [1.29, 1.82) is 0 Å². The largest absolute Gasteiger partial charge is 0.478 e. The van der Waals surface area contributed by atoms with Crippen LogP contribution in [0.25, 0.3) is 0 Å². The Hall–Kier alpha value is -1.75. The van der Waals surface area contributed by atoms with Crippen LogP contribution in [0.4, 0.5) is 11.4 Å². The van der Waals surface area contributed by atoms with Gasteiger partial charge in [0.05, 0.1) is 5.56 Å². The van der Waals surface area contributed by atoms with E-state index in [1.165, 1.54) is 12.8 Å². The lowest BCUT2D eigenvalue weighted by atomic mass is 10.1. The van der Waals surface area contributed by atoms with Gasteiger partial charge in [-0.1, -0.05) is 0 Å². The number of nitrogens with two attached hydrogens (primary N) is 1. The van der Waals surface area contributed by atoms with Crippen molar-refractivity contribution in [2.45, 2.75) is 31.3 Å². The van der Waals surface area contributed by atoms with Crippen molar-refractivity contribution in [2.75, 3.05) is 30.8 Å². The SMILES string of the molecule is CN1C2CCC1CN(c1ccc(C(=O)O)c(N)c1)CC2. The van der Waals surface area contributed by atoms with Crippen LogP contribution < -0.4 is 10.6 Å². The Labute approximate surface area is 119 Å². The second-order valence-electron chi connectivity index (χ2n) is 5.86.